The number of hydrogen-bond acceptors (Lipinski definition) is 5. The fourth-order valence-electron chi connectivity index (χ4n) is 2.53. The molecule has 0 saturated heterocycles. The molecule has 0 fully saturated rings. The second kappa shape index (κ2) is 10.6. The summed E-state index contributed by atoms with van der Waals surface area (Å²) in [4.78, 5) is 4.54. The Labute approximate surface area is 155 Å². The van der Waals surface area contributed by atoms with Gasteiger partial charge in [0.1, 0.15) is 12.0 Å². The number of nitrogens with two attached hydrogens (primary N) is 1. The molecular formula is C19H29ClN2O3. The molecule has 2 rings (SSSR count). The molecule has 1 aromatic carbocycles. The van der Waals surface area contributed by atoms with E-state index in [0.29, 0.717) is 12.8 Å². The quantitative estimate of drug-likeness (QED) is 0.560. The average Bonchev–Trinajstić information content (AvgIpc) is 3.09. The smallest absolute Gasteiger partial charge is 0.194 e. The number of nitrogens with zero attached hydrogens (tertiary/aromatic N) is 1. The first-order valence-electron chi connectivity index (χ1n) is 8.64. The van der Waals surface area contributed by atoms with E-state index in [1.807, 2.05) is 24.3 Å². The predicted octanol–water partition coefficient (Wildman–Crippen LogP) is 3.11. The molecule has 0 atom stereocenters. The number of aryl methyl sites for hydroxylation is 2. The Morgan fingerprint density at radius 3 is 2.36 bits per heavy atom. The lowest BCUT2D eigenvalue weighted by Crippen LogP contribution is -2.47. The van der Waals surface area contributed by atoms with E-state index in [-0.39, 0.29) is 25.6 Å². The van der Waals surface area contributed by atoms with Gasteiger partial charge in [0.25, 0.3) is 0 Å². The van der Waals surface area contributed by atoms with Crippen LogP contribution in [0.2, 0.25) is 0 Å². The van der Waals surface area contributed by atoms with E-state index in [2.05, 4.69) is 11.9 Å². The first-order chi connectivity index (χ1) is 11.6. The lowest BCUT2D eigenvalue weighted by molar-refractivity contribution is 0.115. The number of aromatic nitrogens is 1. The Bertz CT molecular complexity index is 609. The van der Waals surface area contributed by atoms with Crippen LogP contribution in [0.25, 0.3) is 11.3 Å². The summed E-state index contributed by atoms with van der Waals surface area (Å²) in [6, 6.07) is 8.07. The molecule has 0 aliphatic rings. The molecule has 1 aromatic heterocycles. The maximum Gasteiger partial charge on any atom is 0.194 e. The zero-order valence-electron chi connectivity index (χ0n) is 14.8. The summed E-state index contributed by atoms with van der Waals surface area (Å²) in [5.41, 5.74) is 7.96. The van der Waals surface area contributed by atoms with Crippen LogP contribution in [-0.4, -0.2) is 33.9 Å². The van der Waals surface area contributed by atoms with E-state index in [1.54, 1.807) is 6.26 Å². The molecule has 2 aromatic rings. The molecule has 0 saturated carbocycles. The Kier molecular flexibility index (Phi) is 9.14. The van der Waals surface area contributed by atoms with Gasteiger partial charge in [-0.15, -0.1) is 12.4 Å². The normalized spacial score (nSPS) is 11.4. The van der Waals surface area contributed by atoms with Crippen LogP contribution in [-0.2, 0) is 12.8 Å². The van der Waals surface area contributed by atoms with Gasteiger partial charge in [-0.2, -0.15) is 0 Å². The Morgan fingerprint density at radius 2 is 1.76 bits per heavy atom. The summed E-state index contributed by atoms with van der Waals surface area (Å²) < 4.78 is 5.53. The van der Waals surface area contributed by atoms with Gasteiger partial charge in [-0.05, 0) is 24.8 Å². The van der Waals surface area contributed by atoms with Crippen molar-refractivity contribution in [3.05, 3.63) is 42.0 Å². The summed E-state index contributed by atoms with van der Waals surface area (Å²) in [5, 5.41) is 18.5. The number of hydrogen-bond donors (Lipinski definition) is 3. The second-order valence-corrected chi connectivity index (χ2v) is 6.46. The second-order valence-electron chi connectivity index (χ2n) is 6.46. The van der Waals surface area contributed by atoms with Crippen molar-refractivity contribution in [3.8, 4) is 11.3 Å². The van der Waals surface area contributed by atoms with Crippen molar-refractivity contribution >= 4 is 12.4 Å². The molecule has 5 nitrogen and oxygen atoms in total. The Hall–Kier alpha value is -1.40. The summed E-state index contributed by atoms with van der Waals surface area (Å²) >= 11 is 0. The summed E-state index contributed by atoms with van der Waals surface area (Å²) in [6.07, 6.45) is 7.31. The van der Waals surface area contributed by atoms with Crippen LogP contribution in [0.1, 0.15) is 44.1 Å². The molecule has 1 heterocycles. The lowest BCUT2D eigenvalue weighted by atomic mass is 9.93. The summed E-state index contributed by atoms with van der Waals surface area (Å²) in [5.74, 6) is 0.793. The standard InChI is InChI=1S/C19H28N2O3.ClH/c1-2-3-4-5-18-21-17(12-24-18)16-8-6-15(7-9-16)10-11-19(20,13-22)14-23;/h6-9,12,22-23H,2-5,10-11,13-14,20H2,1H3;1H. The molecule has 0 spiro atoms. The maximum absolute atomic E-state index is 9.23. The first-order valence-corrected chi connectivity index (χ1v) is 8.64. The molecule has 0 amide bonds. The molecule has 25 heavy (non-hydrogen) atoms. The first kappa shape index (κ1) is 21.6. The number of aliphatic hydroxyl groups is 2. The highest BCUT2D eigenvalue weighted by Gasteiger charge is 2.22. The highest BCUT2D eigenvalue weighted by Crippen LogP contribution is 2.21. The third-order valence-electron chi connectivity index (χ3n) is 4.34. The van der Waals surface area contributed by atoms with E-state index in [1.165, 1.54) is 12.8 Å². The van der Waals surface area contributed by atoms with E-state index in [9.17, 15) is 10.2 Å². The molecule has 140 valence electrons. The minimum Gasteiger partial charge on any atom is -0.448 e. The SMILES string of the molecule is CCCCCc1nc(-c2ccc(CCC(N)(CO)CO)cc2)co1.Cl. The largest absolute Gasteiger partial charge is 0.448 e. The van der Waals surface area contributed by atoms with Gasteiger partial charge < -0.3 is 20.4 Å². The summed E-state index contributed by atoms with van der Waals surface area (Å²) in [6.45, 7) is 1.74. The van der Waals surface area contributed by atoms with Gasteiger partial charge in [0, 0.05) is 12.0 Å². The van der Waals surface area contributed by atoms with Crippen molar-refractivity contribution in [3.63, 3.8) is 0 Å². The Morgan fingerprint density at radius 1 is 1.08 bits per heavy atom. The van der Waals surface area contributed by atoms with Gasteiger partial charge in [0.15, 0.2) is 5.89 Å². The third-order valence-corrected chi connectivity index (χ3v) is 4.34. The topological polar surface area (TPSA) is 92.5 Å². The van der Waals surface area contributed by atoms with Crippen molar-refractivity contribution in [1.82, 2.24) is 4.98 Å². The molecule has 6 heteroatoms. The zero-order valence-corrected chi connectivity index (χ0v) is 15.6. The third kappa shape index (κ3) is 6.44. The molecule has 0 bridgehead atoms. The van der Waals surface area contributed by atoms with E-state index >= 15 is 0 Å². The number of halogens is 1. The molecule has 0 aliphatic carbocycles. The predicted molar refractivity (Wildman–Crippen MR) is 102 cm³/mol. The number of aliphatic hydroxyl groups excluding tert-OH is 2. The van der Waals surface area contributed by atoms with Crippen molar-refractivity contribution in [1.29, 1.82) is 0 Å². The van der Waals surface area contributed by atoms with E-state index < -0.39 is 5.54 Å². The lowest BCUT2D eigenvalue weighted by Gasteiger charge is -2.24. The highest BCUT2D eigenvalue weighted by atomic mass is 35.5. The number of unbranched alkanes of at least 4 members (excludes halogenated alkanes) is 2. The fourth-order valence-corrected chi connectivity index (χ4v) is 2.53. The van der Waals surface area contributed by atoms with Crippen molar-refractivity contribution in [2.45, 2.75) is 51.0 Å². The van der Waals surface area contributed by atoms with Crippen LogP contribution in [0.5, 0.6) is 0 Å². The minimum atomic E-state index is -0.918. The fraction of sp³-hybridized carbons (Fsp3) is 0.526. The number of rotatable bonds is 10. The van der Waals surface area contributed by atoms with Crippen LogP contribution in [0.15, 0.2) is 34.9 Å². The van der Waals surface area contributed by atoms with Crippen LogP contribution in [0, 0.1) is 0 Å². The summed E-state index contributed by atoms with van der Waals surface area (Å²) in [7, 11) is 0. The highest BCUT2D eigenvalue weighted by molar-refractivity contribution is 5.85. The van der Waals surface area contributed by atoms with Crippen molar-refractivity contribution in [2.75, 3.05) is 13.2 Å². The zero-order chi connectivity index (χ0) is 17.4. The number of oxazole rings is 1. The van der Waals surface area contributed by atoms with E-state index in [0.717, 1.165) is 35.6 Å². The van der Waals surface area contributed by atoms with E-state index in [4.69, 9.17) is 10.2 Å². The monoisotopic (exact) mass is 368 g/mol. The molecule has 4 N–H and O–H groups in total. The average molecular weight is 369 g/mol. The Balaban J connectivity index is 0.00000312. The van der Waals surface area contributed by atoms with Gasteiger partial charge in [-0.1, -0.05) is 44.0 Å². The van der Waals surface area contributed by atoms with Gasteiger partial charge in [-0.3, -0.25) is 0 Å². The minimum absolute atomic E-state index is 0. The van der Waals surface area contributed by atoms with Gasteiger partial charge in [0.05, 0.1) is 18.8 Å². The van der Waals surface area contributed by atoms with Crippen LogP contribution in [0.3, 0.4) is 0 Å². The van der Waals surface area contributed by atoms with Gasteiger partial charge >= 0.3 is 0 Å². The molecule has 0 radical (unpaired) electrons. The molecule has 0 unspecified atom stereocenters. The van der Waals surface area contributed by atoms with Crippen LogP contribution < -0.4 is 5.73 Å². The van der Waals surface area contributed by atoms with Crippen LogP contribution in [0.4, 0.5) is 0 Å². The van der Waals surface area contributed by atoms with Gasteiger partial charge in [0.2, 0.25) is 0 Å². The molecular weight excluding hydrogens is 340 g/mol. The number of benzene rings is 1. The van der Waals surface area contributed by atoms with Crippen molar-refractivity contribution in [2.24, 2.45) is 5.73 Å². The van der Waals surface area contributed by atoms with Crippen LogP contribution >= 0.6 is 12.4 Å². The molecule has 0 aliphatic heterocycles. The van der Waals surface area contributed by atoms with Gasteiger partial charge in [-0.25, -0.2) is 4.98 Å². The van der Waals surface area contributed by atoms with Crippen molar-refractivity contribution < 1.29 is 14.6 Å². The maximum atomic E-state index is 9.23.